The molecule has 0 saturated heterocycles. The van der Waals surface area contributed by atoms with Gasteiger partial charge in [0, 0.05) is 28.0 Å². The van der Waals surface area contributed by atoms with Gasteiger partial charge in [0.05, 0.1) is 0 Å². The van der Waals surface area contributed by atoms with Gasteiger partial charge in [0.15, 0.2) is 5.17 Å². The monoisotopic (exact) mass is 365 g/mol. The summed E-state index contributed by atoms with van der Waals surface area (Å²) in [7, 11) is 0. The molecule has 0 spiro atoms. The summed E-state index contributed by atoms with van der Waals surface area (Å²) < 4.78 is 1.06. The van der Waals surface area contributed by atoms with E-state index in [4.69, 9.17) is 10.4 Å². The molecular formula is C16H20BrN3S. The minimum absolute atomic E-state index is 0.596. The molecule has 0 aliphatic carbocycles. The molecule has 0 saturated carbocycles. The molecule has 1 aromatic carbocycles. The van der Waals surface area contributed by atoms with E-state index in [0.29, 0.717) is 11.1 Å². The van der Waals surface area contributed by atoms with Gasteiger partial charge in [0.1, 0.15) is 5.84 Å². The van der Waals surface area contributed by atoms with Crippen molar-refractivity contribution in [2.45, 2.75) is 37.5 Å². The maximum absolute atomic E-state index is 8.31. The Morgan fingerprint density at radius 3 is 3.10 bits per heavy atom. The van der Waals surface area contributed by atoms with Gasteiger partial charge in [0.2, 0.25) is 0 Å². The van der Waals surface area contributed by atoms with Crippen LogP contribution in [0.2, 0.25) is 0 Å². The van der Waals surface area contributed by atoms with Crippen molar-refractivity contribution in [2.24, 2.45) is 10.9 Å². The number of fused-ring (bicyclic) bond motifs is 3. The normalized spacial score (nSPS) is 20.9. The molecule has 0 bridgehead atoms. The zero-order chi connectivity index (χ0) is 14.8. The van der Waals surface area contributed by atoms with Crippen LogP contribution in [0.3, 0.4) is 0 Å². The van der Waals surface area contributed by atoms with Crippen molar-refractivity contribution in [3.8, 4) is 0 Å². The Bertz CT molecular complexity index is 585. The number of unbranched alkanes of at least 4 members (excludes halogenated alkanes) is 2. The van der Waals surface area contributed by atoms with E-state index in [0.717, 1.165) is 28.3 Å². The Balaban J connectivity index is 1.81. The molecule has 2 aliphatic rings. The minimum atomic E-state index is 0.596. The maximum Gasteiger partial charge on any atom is 0.166 e. The SMILES string of the molecule is CCCCC[C@@H]1CN=C2c3ccc(Br)cc3SC(=N)N2C1. The van der Waals surface area contributed by atoms with Gasteiger partial charge in [-0.05, 0) is 30.5 Å². The maximum atomic E-state index is 8.31. The van der Waals surface area contributed by atoms with Crippen LogP contribution in [0, 0.1) is 11.3 Å². The van der Waals surface area contributed by atoms with Crippen molar-refractivity contribution >= 4 is 38.7 Å². The summed E-state index contributed by atoms with van der Waals surface area (Å²) in [6.07, 6.45) is 5.07. The molecule has 1 aromatic rings. The van der Waals surface area contributed by atoms with Crippen LogP contribution >= 0.6 is 27.7 Å². The zero-order valence-electron chi connectivity index (χ0n) is 12.2. The standard InChI is InChI=1S/C16H20BrN3S/c1-2-3-4-5-11-9-19-15-13-7-6-12(17)8-14(13)21-16(18)20(15)10-11/h6-8,11,18H,2-5,9-10H2,1H3/t11-/m1/s1. The smallest absolute Gasteiger partial charge is 0.166 e. The highest BCUT2D eigenvalue weighted by atomic mass is 79.9. The average molecular weight is 366 g/mol. The molecule has 2 aliphatic heterocycles. The molecule has 3 rings (SSSR count). The van der Waals surface area contributed by atoms with Crippen molar-refractivity contribution in [1.29, 1.82) is 5.41 Å². The second kappa shape index (κ2) is 6.53. The van der Waals surface area contributed by atoms with Gasteiger partial charge in [-0.25, -0.2) is 0 Å². The molecule has 0 unspecified atom stereocenters. The Morgan fingerprint density at radius 1 is 1.43 bits per heavy atom. The number of aliphatic imine (C=N–C) groups is 1. The molecule has 5 heteroatoms. The number of nitrogens with one attached hydrogen (secondary N) is 1. The van der Waals surface area contributed by atoms with Crippen LogP contribution in [-0.2, 0) is 0 Å². The van der Waals surface area contributed by atoms with E-state index in [1.165, 1.54) is 31.2 Å². The molecule has 1 N–H and O–H groups in total. The van der Waals surface area contributed by atoms with Crippen LogP contribution < -0.4 is 0 Å². The lowest BCUT2D eigenvalue weighted by molar-refractivity contribution is 0.378. The predicted octanol–water partition coefficient (Wildman–Crippen LogP) is 4.75. The van der Waals surface area contributed by atoms with Crippen LogP contribution in [0.5, 0.6) is 0 Å². The highest BCUT2D eigenvalue weighted by Gasteiger charge is 2.32. The summed E-state index contributed by atoms with van der Waals surface area (Å²) in [5.74, 6) is 1.59. The number of nitrogens with zero attached hydrogens (tertiary/aromatic N) is 2. The van der Waals surface area contributed by atoms with Gasteiger partial charge < -0.3 is 4.90 Å². The van der Waals surface area contributed by atoms with Crippen molar-refractivity contribution in [1.82, 2.24) is 4.90 Å². The fraction of sp³-hybridized carbons (Fsp3) is 0.500. The number of amidine groups is 2. The fourth-order valence-corrected chi connectivity index (χ4v) is 4.35. The van der Waals surface area contributed by atoms with E-state index in [9.17, 15) is 0 Å². The largest absolute Gasteiger partial charge is 0.305 e. The molecule has 1 atom stereocenters. The number of benzene rings is 1. The number of rotatable bonds is 4. The first-order valence-corrected chi connectivity index (χ1v) is 9.18. The Morgan fingerprint density at radius 2 is 2.29 bits per heavy atom. The first kappa shape index (κ1) is 15.1. The van der Waals surface area contributed by atoms with Gasteiger partial charge >= 0.3 is 0 Å². The molecule has 112 valence electrons. The van der Waals surface area contributed by atoms with Crippen molar-refractivity contribution in [3.05, 3.63) is 28.2 Å². The van der Waals surface area contributed by atoms with Crippen molar-refractivity contribution < 1.29 is 0 Å². The number of thioether (sulfide) groups is 1. The lowest BCUT2D eigenvalue weighted by atomic mass is 9.98. The molecule has 0 amide bonds. The van der Waals surface area contributed by atoms with E-state index >= 15 is 0 Å². The number of hydrogen-bond donors (Lipinski definition) is 1. The van der Waals surface area contributed by atoms with E-state index in [1.807, 2.05) is 0 Å². The summed E-state index contributed by atoms with van der Waals surface area (Å²) in [6, 6.07) is 6.26. The Hall–Kier alpha value is -0.810. The molecule has 0 radical (unpaired) electrons. The number of hydrogen-bond acceptors (Lipinski definition) is 3. The van der Waals surface area contributed by atoms with Gasteiger partial charge in [-0.2, -0.15) is 0 Å². The minimum Gasteiger partial charge on any atom is -0.305 e. The summed E-state index contributed by atoms with van der Waals surface area (Å²) >= 11 is 5.05. The van der Waals surface area contributed by atoms with Gasteiger partial charge in [-0.3, -0.25) is 10.4 Å². The van der Waals surface area contributed by atoms with Crippen LogP contribution in [0.4, 0.5) is 0 Å². The first-order chi connectivity index (χ1) is 10.2. The lowest BCUT2D eigenvalue weighted by Crippen LogP contribution is -2.45. The van der Waals surface area contributed by atoms with Gasteiger partial charge in [-0.1, -0.05) is 53.9 Å². The second-order valence-corrected chi connectivity index (χ2v) is 7.63. The lowest BCUT2D eigenvalue weighted by Gasteiger charge is -2.37. The van der Waals surface area contributed by atoms with E-state index in [1.54, 1.807) is 11.8 Å². The average Bonchev–Trinajstić information content (AvgIpc) is 2.47. The molecule has 3 nitrogen and oxygen atoms in total. The summed E-state index contributed by atoms with van der Waals surface area (Å²) in [4.78, 5) is 8.04. The van der Waals surface area contributed by atoms with Gasteiger partial charge in [-0.15, -0.1) is 0 Å². The van der Waals surface area contributed by atoms with E-state index < -0.39 is 0 Å². The molecule has 2 heterocycles. The molecule has 0 fully saturated rings. The highest BCUT2D eigenvalue weighted by molar-refractivity contribution is 9.10. The van der Waals surface area contributed by atoms with Crippen molar-refractivity contribution in [2.75, 3.05) is 13.1 Å². The summed E-state index contributed by atoms with van der Waals surface area (Å²) in [6.45, 7) is 4.09. The number of halogens is 1. The van der Waals surface area contributed by atoms with Crippen LogP contribution in [0.15, 0.2) is 32.6 Å². The van der Waals surface area contributed by atoms with Crippen molar-refractivity contribution in [3.63, 3.8) is 0 Å². The second-order valence-electron chi connectivity index (χ2n) is 5.68. The molecular weight excluding hydrogens is 346 g/mol. The fourth-order valence-electron chi connectivity index (χ4n) is 2.90. The Kier molecular flexibility index (Phi) is 4.69. The Labute approximate surface area is 138 Å². The van der Waals surface area contributed by atoms with E-state index in [2.05, 4.69) is 46.0 Å². The predicted molar refractivity (Wildman–Crippen MR) is 93.5 cm³/mol. The third-order valence-corrected chi connectivity index (χ3v) is 5.51. The summed E-state index contributed by atoms with van der Waals surface area (Å²) in [5.41, 5.74) is 1.17. The van der Waals surface area contributed by atoms with Crippen LogP contribution in [0.1, 0.15) is 38.2 Å². The third-order valence-electron chi connectivity index (χ3n) is 4.05. The highest BCUT2D eigenvalue weighted by Crippen LogP contribution is 2.36. The van der Waals surface area contributed by atoms with Gasteiger partial charge in [0.25, 0.3) is 0 Å². The third kappa shape index (κ3) is 3.19. The topological polar surface area (TPSA) is 39.5 Å². The van der Waals surface area contributed by atoms with Crippen LogP contribution in [0.25, 0.3) is 0 Å². The zero-order valence-corrected chi connectivity index (χ0v) is 14.6. The summed E-state index contributed by atoms with van der Waals surface area (Å²) in [5, 5.41) is 8.92. The quantitative estimate of drug-likeness (QED) is 0.782. The molecule has 0 aromatic heterocycles. The first-order valence-electron chi connectivity index (χ1n) is 7.57. The van der Waals surface area contributed by atoms with E-state index in [-0.39, 0.29) is 0 Å². The molecule has 21 heavy (non-hydrogen) atoms. The van der Waals surface area contributed by atoms with Crippen LogP contribution in [-0.4, -0.2) is 29.0 Å².